The molecule has 2 aromatic rings. The Morgan fingerprint density at radius 2 is 1.84 bits per heavy atom. The van der Waals surface area contributed by atoms with Crippen LogP contribution >= 0.6 is 23.2 Å². The smallest absolute Gasteiger partial charge is 0.267 e. The summed E-state index contributed by atoms with van der Waals surface area (Å²) in [4.78, 5) is -0.265. The Bertz CT molecular complexity index is 704. The molecule has 1 aromatic heterocycles. The van der Waals surface area contributed by atoms with Gasteiger partial charge >= 0.3 is 0 Å². The van der Waals surface area contributed by atoms with Gasteiger partial charge in [0, 0.05) is 11.8 Å². The Morgan fingerprint density at radius 1 is 1.26 bits per heavy atom. The van der Waals surface area contributed by atoms with Crippen molar-refractivity contribution in [1.82, 2.24) is 5.16 Å². The monoisotopic (exact) mass is 321 g/mol. The molecule has 2 rings (SSSR count). The molecule has 6 nitrogen and oxygen atoms in total. The number of halogens is 2. The quantitative estimate of drug-likeness (QED) is 0.847. The molecule has 9 heteroatoms. The highest BCUT2D eigenvalue weighted by molar-refractivity contribution is 7.93. The summed E-state index contributed by atoms with van der Waals surface area (Å²) < 4.78 is 31.3. The first-order valence-corrected chi connectivity index (χ1v) is 7.24. The van der Waals surface area contributed by atoms with Crippen LogP contribution in [0, 0.1) is 6.92 Å². The Kier molecular flexibility index (Phi) is 3.62. The number of nitrogen functional groups attached to an aromatic ring is 1. The number of nitrogens with zero attached hydrogens (tertiary/aromatic N) is 1. The van der Waals surface area contributed by atoms with E-state index in [-0.39, 0.29) is 26.5 Å². The van der Waals surface area contributed by atoms with E-state index in [1.165, 1.54) is 18.2 Å². The van der Waals surface area contributed by atoms with Gasteiger partial charge in [0.2, 0.25) is 5.88 Å². The van der Waals surface area contributed by atoms with Crippen LogP contribution in [-0.2, 0) is 10.0 Å². The number of hydrogen-bond acceptors (Lipinski definition) is 5. The first-order chi connectivity index (χ1) is 8.79. The SMILES string of the molecule is Cc1cc(NS(=O)(=O)c2c(Cl)cc(N)cc2Cl)on1. The summed E-state index contributed by atoms with van der Waals surface area (Å²) >= 11 is 11.7. The molecule has 0 saturated carbocycles. The molecule has 0 spiro atoms. The first-order valence-electron chi connectivity index (χ1n) is 5.00. The zero-order valence-electron chi connectivity index (χ0n) is 9.65. The van der Waals surface area contributed by atoms with E-state index in [9.17, 15) is 8.42 Å². The Balaban J connectivity index is 2.45. The lowest BCUT2D eigenvalue weighted by Crippen LogP contribution is -2.13. The molecule has 0 amide bonds. The first kappa shape index (κ1) is 14.0. The number of sulfonamides is 1. The molecule has 19 heavy (non-hydrogen) atoms. The zero-order chi connectivity index (χ0) is 14.2. The fraction of sp³-hybridized carbons (Fsp3) is 0.100. The van der Waals surface area contributed by atoms with Gasteiger partial charge in [-0.1, -0.05) is 28.4 Å². The average molecular weight is 322 g/mol. The molecule has 0 fully saturated rings. The summed E-state index contributed by atoms with van der Waals surface area (Å²) in [7, 11) is -3.98. The molecule has 102 valence electrons. The van der Waals surface area contributed by atoms with Crippen molar-refractivity contribution < 1.29 is 12.9 Å². The van der Waals surface area contributed by atoms with E-state index in [1.807, 2.05) is 0 Å². The van der Waals surface area contributed by atoms with E-state index in [1.54, 1.807) is 6.92 Å². The van der Waals surface area contributed by atoms with Crippen molar-refractivity contribution in [2.45, 2.75) is 11.8 Å². The van der Waals surface area contributed by atoms with Crippen molar-refractivity contribution >= 4 is 44.8 Å². The predicted molar refractivity (Wildman–Crippen MR) is 72.9 cm³/mol. The molecule has 0 aliphatic heterocycles. The number of hydrogen-bond donors (Lipinski definition) is 2. The van der Waals surface area contributed by atoms with Gasteiger partial charge < -0.3 is 10.3 Å². The van der Waals surface area contributed by atoms with Crippen molar-refractivity contribution in [3.05, 3.63) is 33.9 Å². The minimum absolute atomic E-state index is 0.0264. The van der Waals surface area contributed by atoms with Crippen LogP contribution in [0.4, 0.5) is 11.6 Å². The fourth-order valence-corrected chi connectivity index (χ4v) is 3.64. The summed E-state index contributed by atoms with van der Waals surface area (Å²) in [5, 5.41) is 3.42. The van der Waals surface area contributed by atoms with Crippen LogP contribution in [0.3, 0.4) is 0 Å². The van der Waals surface area contributed by atoms with Crippen molar-refractivity contribution in [1.29, 1.82) is 0 Å². The van der Waals surface area contributed by atoms with Crippen LogP contribution in [0.1, 0.15) is 5.69 Å². The maximum Gasteiger partial charge on any atom is 0.267 e. The van der Waals surface area contributed by atoms with Gasteiger partial charge in [-0.05, 0) is 19.1 Å². The predicted octanol–water partition coefficient (Wildman–Crippen LogP) is 2.67. The van der Waals surface area contributed by atoms with Gasteiger partial charge in [-0.3, -0.25) is 0 Å². The maximum atomic E-state index is 12.2. The van der Waals surface area contributed by atoms with Gasteiger partial charge in [0.15, 0.2) is 0 Å². The topological polar surface area (TPSA) is 98.2 Å². The fourth-order valence-electron chi connectivity index (χ4n) is 1.43. The lowest BCUT2D eigenvalue weighted by molar-refractivity contribution is 0.430. The third-order valence-corrected chi connectivity index (χ3v) is 4.42. The molecular weight excluding hydrogens is 313 g/mol. The van der Waals surface area contributed by atoms with Crippen molar-refractivity contribution in [3.8, 4) is 0 Å². The second kappa shape index (κ2) is 4.92. The van der Waals surface area contributed by atoms with Gasteiger partial charge in [0.05, 0.1) is 15.7 Å². The molecule has 0 atom stereocenters. The summed E-state index contributed by atoms with van der Waals surface area (Å²) in [5.41, 5.74) is 6.32. The molecule has 1 aromatic carbocycles. The molecule has 0 saturated heterocycles. The highest BCUT2D eigenvalue weighted by Crippen LogP contribution is 2.33. The number of nitrogens with two attached hydrogens (primary N) is 1. The van der Waals surface area contributed by atoms with Crippen LogP contribution in [0.5, 0.6) is 0 Å². The minimum Gasteiger partial charge on any atom is -0.399 e. The number of nitrogens with one attached hydrogen (secondary N) is 1. The van der Waals surface area contributed by atoms with E-state index < -0.39 is 10.0 Å². The molecule has 0 unspecified atom stereocenters. The van der Waals surface area contributed by atoms with Crippen LogP contribution < -0.4 is 10.5 Å². The van der Waals surface area contributed by atoms with E-state index in [0.29, 0.717) is 5.69 Å². The summed E-state index contributed by atoms with van der Waals surface area (Å²) in [6, 6.07) is 4.03. The van der Waals surface area contributed by atoms with Gasteiger partial charge in [0.25, 0.3) is 10.0 Å². The second-order valence-corrected chi connectivity index (χ2v) is 6.19. The Labute approximate surface area is 119 Å². The molecular formula is C10H9Cl2N3O3S. The van der Waals surface area contributed by atoms with Crippen molar-refractivity contribution in [3.63, 3.8) is 0 Å². The number of anilines is 2. The number of benzene rings is 1. The highest BCUT2D eigenvalue weighted by atomic mass is 35.5. The van der Waals surface area contributed by atoms with Crippen LogP contribution in [0.15, 0.2) is 27.6 Å². The second-order valence-electron chi connectivity index (χ2n) is 3.75. The maximum absolute atomic E-state index is 12.2. The Morgan fingerprint density at radius 3 is 2.32 bits per heavy atom. The Hall–Kier alpha value is -1.44. The standard InChI is InChI=1S/C10H9Cl2N3O3S/c1-5-2-9(18-14-5)15-19(16,17)10-7(11)3-6(13)4-8(10)12/h2-4,15H,13H2,1H3. The van der Waals surface area contributed by atoms with Crippen molar-refractivity contribution in [2.24, 2.45) is 0 Å². The van der Waals surface area contributed by atoms with Crippen LogP contribution in [0.2, 0.25) is 10.0 Å². The van der Waals surface area contributed by atoms with Crippen LogP contribution in [0.25, 0.3) is 0 Å². The third-order valence-electron chi connectivity index (χ3n) is 2.15. The lowest BCUT2D eigenvalue weighted by atomic mass is 10.3. The van der Waals surface area contributed by atoms with Gasteiger partial charge in [0.1, 0.15) is 4.90 Å². The largest absolute Gasteiger partial charge is 0.399 e. The number of rotatable bonds is 3. The number of aromatic nitrogens is 1. The summed E-state index contributed by atoms with van der Waals surface area (Å²) in [6.07, 6.45) is 0. The van der Waals surface area contributed by atoms with Crippen molar-refractivity contribution in [2.75, 3.05) is 10.5 Å². The third kappa shape index (κ3) is 2.94. The van der Waals surface area contributed by atoms with E-state index in [4.69, 9.17) is 33.5 Å². The van der Waals surface area contributed by atoms with E-state index in [2.05, 4.69) is 9.88 Å². The van der Waals surface area contributed by atoms with Gasteiger partial charge in [-0.2, -0.15) is 0 Å². The zero-order valence-corrected chi connectivity index (χ0v) is 12.0. The van der Waals surface area contributed by atoms with E-state index >= 15 is 0 Å². The summed E-state index contributed by atoms with van der Waals surface area (Å²) in [6.45, 7) is 1.66. The number of aryl methyl sites for hydroxylation is 1. The van der Waals surface area contributed by atoms with Gasteiger partial charge in [-0.15, -0.1) is 0 Å². The molecule has 0 aliphatic rings. The molecule has 1 heterocycles. The molecule has 0 radical (unpaired) electrons. The lowest BCUT2D eigenvalue weighted by Gasteiger charge is -2.09. The van der Waals surface area contributed by atoms with Gasteiger partial charge in [-0.25, -0.2) is 13.1 Å². The van der Waals surface area contributed by atoms with E-state index in [0.717, 1.165) is 0 Å². The average Bonchev–Trinajstić information content (AvgIpc) is 2.60. The minimum atomic E-state index is -3.98. The van der Waals surface area contributed by atoms with Crippen LogP contribution in [-0.4, -0.2) is 13.6 Å². The molecule has 0 aliphatic carbocycles. The summed E-state index contributed by atoms with van der Waals surface area (Å²) in [5.74, 6) is -0.0264. The molecule has 0 bridgehead atoms. The molecule has 3 N–H and O–H groups in total. The highest BCUT2D eigenvalue weighted by Gasteiger charge is 2.23. The normalized spacial score (nSPS) is 11.5.